The van der Waals surface area contributed by atoms with Crippen LogP contribution in [0.4, 0.5) is 17.6 Å². The van der Waals surface area contributed by atoms with Gasteiger partial charge in [0.05, 0.1) is 64.0 Å². The molecule has 0 N–H and O–H groups in total. The van der Waals surface area contributed by atoms with Gasteiger partial charge in [-0.1, -0.05) is 268 Å². The predicted octanol–water partition coefficient (Wildman–Crippen LogP) is 37.0. The Morgan fingerprint density at radius 1 is 0.390 bits per heavy atom. The molecule has 4 aliphatic carbocycles. The van der Waals surface area contributed by atoms with E-state index < -0.39 is 57.1 Å². The Hall–Kier alpha value is -10.1. The maximum absolute atomic E-state index is 15.8. The molecule has 0 bridgehead atoms. The van der Waals surface area contributed by atoms with Gasteiger partial charge in [-0.2, -0.15) is 0 Å². The first kappa shape index (κ1) is 97.6. The van der Waals surface area contributed by atoms with Gasteiger partial charge in [-0.3, -0.25) is 9.59 Å². The molecular formula is C118H114F4N4O2S8. The minimum absolute atomic E-state index is 0.00249. The molecule has 4 aliphatic rings. The van der Waals surface area contributed by atoms with Crippen molar-refractivity contribution < 1.29 is 27.2 Å². The van der Waals surface area contributed by atoms with Crippen LogP contribution in [0.1, 0.15) is 318 Å². The van der Waals surface area contributed by atoms with Crippen LogP contribution in [0.3, 0.4) is 0 Å². The summed E-state index contributed by atoms with van der Waals surface area (Å²) in [5.41, 5.74) is 12.4. The van der Waals surface area contributed by atoms with Crippen LogP contribution in [-0.4, -0.2) is 23.1 Å². The highest BCUT2D eigenvalue weighted by Gasteiger charge is 2.55. The molecule has 0 radical (unpaired) electrons. The SMILES string of the molecule is [C-]#[N+]/C(C#N)=C1\C(=C\c2cc3c(s2)-c2sc4c(-c5ccc(SCC(CC)CCCC)s5)c5c6c(sc5c(-c5ccc(SCC(CC)CCCC)s5)c4c2C3(c2ccc(CCCCCC)cc2)c2ccc(CCCCCC)cc2)-c2sc(/C=C3\C(=O)c4cc(F)c(F)cc4\C3=C(\C#N)[N+]#[C-])cc2C6(c2ccc(CCCCCC)cc2)c2ccc(CCCCCC)cc2)C(=O)c2cc(F)c(F)cc21. The summed E-state index contributed by atoms with van der Waals surface area (Å²) in [4.78, 5) is 45.7. The summed E-state index contributed by atoms with van der Waals surface area (Å²) >= 11 is 14.4. The number of ketones is 2. The summed E-state index contributed by atoms with van der Waals surface area (Å²) in [6, 6.07) is 59.4. The number of Topliss-reactive ketones (excluding diaryl/α,β-unsaturated/α-hetero) is 2. The zero-order chi connectivity index (χ0) is 95.1. The van der Waals surface area contributed by atoms with Crippen LogP contribution in [0.5, 0.6) is 0 Å². The Morgan fingerprint density at radius 3 is 1.00 bits per heavy atom. The van der Waals surface area contributed by atoms with Crippen molar-refractivity contribution in [2.45, 2.75) is 254 Å². The summed E-state index contributed by atoms with van der Waals surface area (Å²) in [7, 11) is 0. The maximum atomic E-state index is 15.8. The molecule has 6 heterocycles. The monoisotopic (exact) mass is 1950 g/mol. The second kappa shape index (κ2) is 43.5. The Morgan fingerprint density at radius 2 is 0.706 bits per heavy atom. The van der Waals surface area contributed by atoms with Gasteiger partial charge in [0, 0.05) is 95.7 Å². The summed E-state index contributed by atoms with van der Waals surface area (Å²) in [5, 5.41) is 23.9. The van der Waals surface area contributed by atoms with E-state index in [2.05, 4.69) is 199 Å². The number of thioether (sulfide) groups is 2. The first-order valence-corrected chi connectivity index (χ1v) is 56.1. The zero-order valence-corrected chi connectivity index (χ0v) is 85.4. The highest BCUT2D eigenvalue weighted by Crippen LogP contribution is 2.71. The fourth-order valence-electron chi connectivity index (χ4n) is 21.1. The molecular weight excluding hydrogens is 1840 g/mol. The van der Waals surface area contributed by atoms with E-state index in [0.717, 1.165) is 321 Å². The van der Waals surface area contributed by atoms with E-state index in [1.807, 2.05) is 81.0 Å². The van der Waals surface area contributed by atoms with Crippen molar-refractivity contribution in [3.8, 4) is 52.5 Å². The number of thiophene rings is 6. The second-order valence-electron chi connectivity index (χ2n) is 37.1. The number of unbranched alkanes of at least 4 members (excludes halogenated alkanes) is 14. The molecule has 0 saturated carbocycles. The quantitative estimate of drug-likeness (QED) is 0.00945. The van der Waals surface area contributed by atoms with Crippen molar-refractivity contribution in [3.05, 3.63) is 325 Å². The molecule has 6 nitrogen and oxygen atoms in total. The summed E-state index contributed by atoms with van der Waals surface area (Å²) in [6.45, 7) is 35.0. The fourth-order valence-corrected chi connectivity index (χ4v) is 31.6. The number of nitrogens with zero attached hydrogens (tertiary/aromatic N) is 4. The Bertz CT molecular complexity index is 6450. The van der Waals surface area contributed by atoms with Crippen LogP contribution < -0.4 is 0 Å². The highest BCUT2D eigenvalue weighted by atomic mass is 32.2. The van der Waals surface area contributed by atoms with Crippen molar-refractivity contribution in [1.82, 2.24) is 0 Å². The molecule has 7 aromatic carbocycles. The zero-order valence-electron chi connectivity index (χ0n) is 78.9. The number of halogens is 4. The smallest absolute Gasteiger partial charge is 0.270 e. The lowest BCUT2D eigenvalue weighted by molar-refractivity contribution is 0.103. The van der Waals surface area contributed by atoms with Crippen molar-refractivity contribution in [1.29, 1.82) is 10.5 Å². The van der Waals surface area contributed by atoms with Crippen LogP contribution in [0, 0.1) is 70.9 Å². The number of allylic oxidation sites excluding steroid dienone is 6. The van der Waals surface area contributed by atoms with E-state index in [1.54, 1.807) is 34.8 Å². The van der Waals surface area contributed by atoms with Gasteiger partial charge in [0.25, 0.3) is 11.4 Å². The lowest BCUT2D eigenvalue weighted by Crippen LogP contribution is -2.29. The normalized spacial score (nSPS) is 15.5. The molecule has 0 spiro atoms. The van der Waals surface area contributed by atoms with Crippen molar-refractivity contribution in [3.63, 3.8) is 0 Å². The molecule has 13 aromatic rings. The number of carbonyl (C=O) groups excluding carboxylic acids is 2. The van der Waals surface area contributed by atoms with Crippen molar-refractivity contribution >= 4 is 147 Å². The van der Waals surface area contributed by atoms with Crippen LogP contribution in [-0.2, 0) is 36.5 Å². The Kier molecular flexibility index (Phi) is 31.2. The molecule has 136 heavy (non-hydrogen) atoms. The molecule has 694 valence electrons. The average Bonchev–Trinajstić information content (AvgIpc) is 1.48. The lowest BCUT2D eigenvalue weighted by Gasteiger charge is -2.35. The molecule has 2 atom stereocenters. The van der Waals surface area contributed by atoms with Gasteiger partial charge in [0.2, 0.25) is 0 Å². The molecule has 0 amide bonds. The number of hydrogen-bond acceptors (Lipinski definition) is 12. The number of benzene rings is 7. The molecule has 0 fully saturated rings. The average molecular weight is 1950 g/mol. The number of nitriles is 2. The third-order valence-electron chi connectivity index (χ3n) is 28.4. The topological polar surface area (TPSA) is 90.4 Å². The summed E-state index contributed by atoms with van der Waals surface area (Å²) in [5.74, 6) is -3.03. The van der Waals surface area contributed by atoms with Crippen molar-refractivity contribution in [2.24, 2.45) is 11.8 Å². The Labute approximate surface area is 832 Å². The van der Waals surface area contributed by atoms with Gasteiger partial charge in [0.1, 0.15) is 0 Å². The third-order valence-corrected chi connectivity index (χ3v) is 38.4. The third kappa shape index (κ3) is 18.5. The summed E-state index contributed by atoms with van der Waals surface area (Å²) < 4.78 is 67.5. The molecule has 2 unspecified atom stereocenters. The minimum atomic E-state index is -1.20. The maximum Gasteiger partial charge on any atom is 0.270 e. The van der Waals surface area contributed by atoms with Gasteiger partial charge in [-0.15, -0.1) is 91.5 Å². The second-order valence-corrected chi connectivity index (χ2v) is 46.1. The number of hydrogen-bond donors (Lipinski definition) is 0. The molecule has 17 rings (SSSR count). The Balaban J connectivity index is 1.05. The van der Waals surface area contributed by atoms with Gasteiger partial charge < -0.3 is 0 Å². The first-order chi connectivity index (χ1) is 66.4. The van der Waals surface area contributed by atoms with Gasteiger partial charge in [-0.05, 0) is 227 Å². The molecule has 18 heteroatoms. The van der Waals surface area contributed by atoms with Crippen LogP contribution in [0.25, 0.3) is 93.6 Å². The van der Waals surface area contributed by atoms with E-state index in [0.29, 0.717) is 21.6 Å². The number of aryl methyl sites for hydroxylation is 4. The van der Waals surface area contributed by atoms with Gasteiger partial charge in [-0.25, -0.2) is 37.8 Å². The highest BCUT2D eigenvalue weighted by molar-refractivity contribution is 8.01. The van der Waals surface area contributed by atoms with E-state index in [9.17, 15) is 10.5 Å². The largest absolute Gasteiger partial charge is 0.289 e. The summed E-state index contributed by atoms with van der Waals surface area (Å²) in [6.07, 6.45) is 33.8. The van der Waals surface area contributed by atoms with Crippen LogP contribution in [0.2, 0.25) is 0 Å². The van der Waals surface area contributed by atoms with E-state index >= 15 is 27.2 Å². The first-order valence-electron chi connectivity index (χ1n) is 49.2. The van der Waals surface area contributed by atoms with Gasteiger partial charge in [0.15, 0.2) is 34.8 Å². The van der Waals surface area contributed by atoms with Crippen LogP contribution in [0.15, 0.2) is 189 Å². The number of fused-ring (bicyclic) bond motifs is 12. The minimum Gasteiger partial charge on any atom is -0.289 e. The lowest BCUT2D eigenvalue weighted by atomic mass is 9.66. The number of rotatable bonds is 42. The van der Waals surface area contributed by atoms with Crippen LogP contribution >= 0.6 is 91.5 Å². The van der Waals surface area contributed by atoms with E-state index in [-0.39, 0.29) is 44.5 Å². The van der Waals surface area contributed by atoms with E-state index in [1.165, 1.54) is 30.7 Å². The molecule has 0 saturated heterocycles. The van der Waals surface area contributed by atoms with E-state index in [4.69, 9.17) is 13.1 Å². The molecule has 6 aromatic heterocycles. The van der Waals surface area contributed by atoms with Crippen molar-refractivity contribution in [2.75, 3.05) is 11.5 Å². The standard InChI is InChI=1S/C118H114F4N4O2S8/c1-11-19-25-29-35-73-39-47-77(48-40-73)117(78-49-41-74(42-50-78)36-30-26-20-12-2)89-61-81(59-87-101(95(67-123)125-9)83-63-91(119)93(121)65-85(83)109(87)127)131-111(89)115-107(117)105-103(97-55-57-99(133-97)129-69-71(17-7)33-23-15-5)114-106(104(113(105)135-115)98-56-58-100(134-98)130-70-72(18-8)34-24-16-6)108-116(136-114)112-90(62-82(132-112)60-88-102(96(68-124)126-10)84-64-92(120)94(122)66-86(84)110(88)128)118(108,79-51-43-75(44-52-79)37-31-27-21-13-3)80-53-45-76(46-54-80)38-32-28-22-14-4/h39-66,71-72H,11-38,69-70H2,1-8H3/b87-59-,88-60-,101-95-,102-96+. The fraction of sp³-hybridized carbons (Fsp3) is 0.356. The number of carbonyl (C=O) groups is 2. The van der Waals surface area contributed by atoms with Gasteiger partial charge >= 0.3 is 0 Å². The molecule has 0 aliphatic heterocycles. The predicted molar refractivity (Wildman–Crippen MR) is 569 cm³/mol.